The van der Waals surface area contributed by atoms with Crippen LogP contribution in [-0.4, -0.2) is 60.5 Å². The zero-order chi connectivity index (χ0) is 11.8. The van der Waals surface area contributed by atoms with Crippen LogP contribution in [-0.2, 0) is 9.59 Å². The van der Waals surface area contributed by atoms with Gasteiger partial charge in [0.2, 0.25) is 5.91 Å². The van der Waals surface area contributed by atoms with Crippen LogP contribution in [0.25, 0.3) is 0 Å². The lowest BCUT2D eigenvalue weighted by Gasteiger charge is -2.20. The van der Waals surface area contributed by atoms with Crippen molar-refractivity contribution in [2.24, 2.45) is 0 Å². The molecule has 1 N–H and O–H groups in total. The predicted molar refractivity (Wildman–Crippen MR) is 57.7 cm³/mol. The first-order valence-corrected chi connectivity index (χ1v) is 5.11. The molecule has 0 bridgehead atoms. The molecule has 0 unspecified atom stereocenters. The van der Waals surface area contributed by atoms with Gasteiger partial charge in [-0.3, -0.25) is 9.59 Å². The number of rotatable bonds is 7. The third-order valence-corrected chi connectivity index (χ3v) is 2.10. The van der Waals surface area contributed by atoms with Gasteiger partial charge in [-0.1, -0.05) is 0 Å². The Morgan fingerprint density at radius 3 is 2.13 bits per heavy atom. The van der Waals surface area contributed by atoms with E-state index >= 15 is 0 Å². The first-order chi connectivity index (χ1) is 6.97. The molecule has 5 heteroatoms. The molecule has 0 aromatic rings. The zero-order valence-corrected chi connectivity index (χ0v) is 9.69. The summed E-state index contributed by atoms with van der Waals surface area (Å²) in [5, 5.41) is 8.51. The van der Waals surface area contributed by atoms with Gasteiger partial charge in [-0.15, -0.1) is 0 Å². The fourth-order valence-electron chi connectivity index (χ4n) is 1.17. The van der Waals surface area contributed by atoms with Crippen molar-refractivity contribution in [2.75, 3.05) is 33.7 Å². The van der Waals surface area contributed by atoms with Gasteiger partial charge in [0.15, 0.2) is 0 Å². The summed E-state index contributed by atoms with van der Waals surface area (Å²) >= 11 is 0. The van der Waals surface area contributed by atoms with Gasteiger partial charge in [-0.2, -0.15) is 0 Å². The Morgan fingerprint density at radius 2 is 1.73 bits per heavy atom. The van der Waals surface area contributed by atoms with Gasteiger partial charge in [-0.05, 0) is 21.0 Å². The first kappa shape index (κ1) is 13.9. The molecule has 0 aliphatic rings. The molecule has 5 nitrogen and oxygen atoms in total. The van der Waals surface area contributed by atoms with Gasteiger partial charge < -0.3 is 14.9 Å². The van der Waals surface area contributed by atoms with Crippen LogP contribution in [0.15, 0.2) is 0 Å². The molecule has 0 rings (SSSR count). The van der Waals surface area contributed by atoms with Gasteiger partial charge in [0.1, 0.15) is 0 Å². The fourth-order valence-corrected chi connectivity index (χ4v) is 1.17. The van der Waals surface area contributed by atoms with E-state index in [2.05, 4.69) is 0 Å². The lowest BCUT2D eigenvalue weighted by molar-refractivity contribution is -0.138. The number of hydrogen-bond donors (Lipinski definition) is 1. The normalized spacial score (nSPS) is 10.4. The summed E-state index contributed by atoms with van der Waals surface area (Å²) in [5.74, 6) is -0.846. The summed E-state index contributed by atoms with van der Waals surface area (Å²) in [6.07, 6.45) is 0.460. The number of aliphatic carboxylic acids is 1. The van der Waals surface area contributed by atoms with Crippen molar-refractivity contribution in [3.63, 3.8) is 0 Å². The highest BCUT2D eigenvalue weighted by Gasteiger charge is 2.12. The van der Waals surface area contributed by atoms with Crippen molar-refractivity contribution < 1.29 is 14.7 Å². The lowest BCUT2D eigenvalue weighted by atomic mass is 10.3. The number of carboxylic acid groups (broad SMARTS) is 1. The van der Waals surface area contributed by atoms with E-state index in [9.17, 15) is 9.59 Å². The maximum absolute atomic E-state index is 11.6. The van der Waals surface area contributed by atoms with Crippen LogP contribution >= 0.6 is 0 Å². The number of carboxylic acids is 1. The van der Waals surface area contributed by atoms with Crippen molar-refractivity contribution >= 4 is 11.9 Å². The quantitative estimate of drug-likeness (QED) is 0.663. The van der Waals surface area contributed by atoms with Crippen LogP contribution in [0, 0.1) is 0 Å². The van der Waals surface area contributed by atoms with Crippen LogP contribution in [0.5, 0.6) is 0 Å². The molecule has 1 amide bonds. The van der Waals surface area contributed by atoms with E-state index in [-0.39, 0.29) is 12.3 Å². The average Bonchev–Trinajstić information content (AvgIpc) is 2.15. The van der Waals surface area contributed by atoms with E-state index in [0.29, 0.717) is 26.1 Å². The second kappa shape index (κ2) is 7.23. The summed E-state index contributed by atoms with van der Waals surface area (Å²) in [4.78, 5) is 25.5. The summed E-state index contributed by atoms with van der Waals surface area (Å²) in [6, 6.07) is 0. The van der Waals surface area contributed by atoms with Crippen molar-refractivity contribution in [3.8, 4) is 0 Å². The molecular formula is C10H20N2O3. The van der Waals surface area contributed by atoms with Crippen LogP contribution < -0.4 is 0 Å². The second-order valence-corrected chi connectivity index (χ2v) is 3.67. The number of hydrogen-bond acceptors (Lipinski definition) is 3. The maximum atomic E-state index is 11.6. The maximum Gasteiger partial charge on any atom is 0.305 e. The molecule has 0 saturated carbocycles. The van der Waals surface area contributed by atoms with Crippen molar-refractivity contribution in [3.05, 3.63) is 0 Å². The summed E-state index contributed by atoms with van der Waals surface area (Å²) in [6.45, 7) is 3.43. The highest BCUT2D eigenvalue weighted by molar-refractivity contribution is 5.77. The van der Waals surface area contributed by atoms with E-state index in [1.807, 2.05) is 25.9 Å². The molecule has 0 aliphatic heterocycles. The predicted octanol–water partition coefficient (Wildman–Crippen LogP) is 0.261. The molecule has 0 atom stereocenters. The minimum atomic E-state index is -0.867. The molecule has 0 spiro atoms. The summed E-state index contributed by atoms with van der Waals surface area (Å²) in [5.41, 5.74) is 0. The Bertz CT molecular complexity index is 217. The Morgan fingerprint density at radius 1 is 1.13 bits per heavy atom. The molecule has 0 aromatic heterocycles. The van der Waals surface area contributed by atoms with Crippen molar-refractivity contribution in [1.82, 2.24) is 9.80 Å². The Balaban J connectivity index is 3.93. The Kier molecular flexibility index (Phi) is 6.70. The minimum Gasteiger partial charge on any atom is -0.481 e. The van der Waals surface area contributed by atoms with Gasteiger partial charge >= 0.3 is 5.97 Å². The van der Waals surface area contributed by atoms with Gasteiger partial charge in [-0.25, -0.2) is 0 Å². The highest BCUT2D eigenvalue weighted by atomic mass is 16.4. The van der Waals surface area contributed by atoms with Crippen LogP contribution in [0.3, 0.4) is 0 Å². The fraction of sp³-hybridized carbons (Fsp3) is 0.800. The van der Waals surface area contributed by atoms with E-state index in [1.165, 1.54) is 0 Å². The molecule has 0 aliphatic carbocycles. The monoisotopic (exact) mass is 216 g/mol. The van der Waals surface area contributed by atoms with E-state index in [0.717, 1.165) is 0 Å². The SMILES string of the molecule is CCN(CCC(=O)O)C(=O)CCN(C)C. The Hall–Kier alpha value is -1.10. The van der Waals surface area contributed by atoms with E-state index in [1.54, 1.807) is 4.90 Å². The molecule has 88 valence electrons. The second-order valence-electron chi connectivity index (χ2n) is 3.67. The zero-order valence-electron chi connectivity index (χ0n) is 9.69. The average molecular weight is 216 g/mol. The van der Waals surface area contributed by atoms with Gasteiger partial charge in [0.25, 0.3) is 0 Å². The first-order valence-electron chi connectivity index (χ1n) is 5.11. The third-order valence-electron chi connectivity index (χ3n) is 2.10. The van der Waals surface area contributed by atoms with Crippen LogP contribution in [0.4, 0.5) is 0 Å². The van der Waals surface area contributed by atoms with E-state index < -0.39 is 5.97 Å². The van der Waals surface area contributed by atoms with Gasteiger partial charge in [0, 0.05) is 26.1 Å². The number of carbonyl (C=O) groups is 2. The van der Waals surface area contributed by atoms with Crippen molar-refractivity contribution in [2.45, 2.75) is 19.8 Å². The smallest absolute Gasteiger partial charge is 0.305 e. The molecule has 0 radical (unpaired) electrons. The standard InChI is InChI=1S/C10H20N2O3/c1-4-12(8-6-10(14)15)9(13)5-7-11(2)3/h4-8H2,1-3H3,(H,14,15). The largest absolute Gasteiger partial charge is 0.481 e. The Labute approximate surface area is 90.7 Å². The van der Waals surface area contributed by atoms with Crippen LogP contribution in [0.1, 0.15) is 19.8 Å². The minimum absolute atomic E-state index is 0.0154. The number of carbonyl (C=O) groups excluding carboxylic acids is 1. The molecule has 0 heterocycles. The molecule has 0 saturated heterocycles. The summed E-state index contributed by atoms with van der Waals surface area (Å²) in [7, 11) is 3.81. The number of nitrogens with zero attached hydrogens (tertiary/aromatic N) is 2. The van der Waals surface area contributed by atoms with Crippen molar-refractivity contribution in [1.29, 1.82) is 0 Å². The summed E-state index contributed by atoms with van der Waals surface area (Å²) < 4.78 is 0. The molecule has 0 aromatic carbocycles. The topological polar surface area (TPSA) is 60.9 Å². The highest BCUT2D eigenvalue weighted by Crippen LogP contribution is 1.97. The number of amides is 1. The third kappa shape index (κ3) is 6.90. The van der Waals surface area contributed by atoms with E-state index in [4.69, 9.17) is 5.11 Å². The van der Waals surface area contributed by atoms with Crippen LogP contribution in [0.2, 0.25) is 0 Å². The molecular weight excluding hydrogens is 196 g/mol. The molecule has 0 fully saturated rings. The van der Waals surface area contributed by atoms with Gasteiger partial charge in [0.05, 0.1) is 6.42 Å². The lowest BCUT2D eigenvalue weighted by Crippen LogP contribution is -2.34. The molecule has 15 heavy (non-hydrogen) atoms.